The van der Waals surface area contributed by atoms with E-state index in [4.69, 9.17) is 0 Å². The fraction of sp³-hybridized carbons (Fsp3) is 0.526. The largest absolute Gasteiger partial charge is 0.354 e. The lowest BCUT2D eigenvalue weighted by Crippen LogP contribution is -2.51. The SMILES string of the molecule is C=CCNC(=O)CN1CCN(C(=O)c2[nH]c3c(c2C)C(=O)CCC3)CC1. The fourth-order valence-corrected chi connectivity index (χ4v) is 3.70. The molecule has 1 aliphatic heterocycles. The number of Topliss-reactive ketones (excluding diaryl/α,β-unsaturated/α-hetero) is 1. The summed E-state index contributed by atoms with van der Waals surface area (Å²) < 4.78 is 0. The van der Waals surface area contributed by atoms with Crippen molar-refractivity contribution >= 4 is 17.6 Å². The topological polar surface area (TPSA) is 85.5 Å². The van der Waals surface area contributed by atoms with Crippen LogP contribution in [0.25, 0.3) is 0 Å². The lowest BCUT2D eigenvalue weighted by atomic mass is 9.93. The Morgan fingerprint density at radius 1 is 1.23 bits per heavy atom. The van der Waals surface area contributed by atoms with Crippen LogP contribution in [-0.2, 0) is 11.2 Å². The maximum absolute atomic E-state index is 12.9. The van der Waals surface area contributed by atoms with Gasteiger partial charge in [-0.3, -0.25) is 19.3 Å². The maximum Gasteiger partial charge on any atom is 0.270 e. The van der Waals surface area contributed by atoms with Gasteiger partial charge in [0.15, 0.2) is 5.78 Å². The van der Waals surface area contributed by atoms with Gasteiger partial charge in [-0.1, -0.05) is 6.08 Å². The summed E-state index contributed by atoms with van der Waals surface area (Å²) in [4.78, 5) is 43.8. The third-order valence-corrected chi connectivity index (χ3v) is 5.12. The van der Waals surface area contributed by atoms with Gasteiger partial charge in [-0.2, -0.15) is 0 Å². The molecule has 7 heteroatoms. The summed E-state index contributed by atoms with van der Waals surface area (Å²) in [5, 5.41) is 2.76. The van der Waals surface area contributed by atoms with Crippen molar-refractivity contribution in [1.29, 1.82) is 0 Å². The van der Waals surface area contributed by atoms with E-state index in [-0.39, 0.29) is 17.6 Å². The number of amides is 2. The van der Waals surface area contributed by atoms with Crippen molar-refractivity contribution in [2.24, 2.45) is 0 Å². The molecule has 1 aromatic rings. The van der Waals surface area contributed by atoms with Crippen molar-refractivity contribution < 1.29 is 14.4 Å². The number of ketones is 1. The van der Waals surface area contributed by atoms with Crippen molar-refractivity contribution in [1.82, 2.24) is 20.1 Å². The zero-order valence-corrected chi connectivity index (χ0v) is 15.3. The number of carbonyl (C=O) groups is 3. The van der Waals surface area contributed by atoms with Crippen LogP contribution in [0.2, 0.25) is 0 Å². The molecule has 3 rings (SSSR count). The molecule has 0 aromatic carbocycles. The van der Waals surface area contributed by atoms with Crippen LogP contribution >= 0.6 is 0 Å². The van der Waals surface area contributed by atoms with Crippen molar-refractivity contribution in [2.75, 3.05) is 39.3 Å². The number of H-pyrrole nitrogens is 1. The van der Waals surface area contributed by atoms with Gasteiger partial charge in [-0.05, 0) is 25.3 Å². The van der Waals surface area contributed by atoms with Crippen LogP contribution in [0, 0.1) is 6.92 Å². The fourth-order valence-electron chi connectivity index (χ4n) is 3.70. The molecule has 0 atom stereocenters. The molecule has 1 fully saturated rings. The second-order valence-corrected chi connectivity index (χ2v) is 6.92. The first-order chi connectivity index (χ1) is 12.5. The zero-order chi connectivity index (χ0) is 18.7. The van der Waals surface area contributed by atoms with Crippen LogP contribution < -0.4 is 5.32 Å². The molecule has 2 N–H and O–H groups in total. The lowest BCUT2D eigenvalue weighted by molar-refractivity contribution is -0.122. The molecular formula is C19H26N4O3. The number of aromatic nitrogens is 1. The average molecular weight is 358 g/mol. The van der Waals surface area contributed by atoms with Crippen LogP contribution in [0.5, 0.6) is 0 Å². The monoisotopic (exact) mass is 358 g/mol. The molecular weight excluding hydrogens is 332 g/mol. The van der Waals surface area contributed by atoms with E-state index in [1.54, 1.807) is 11.0 Å². The number of carbonyl (C=O) groups excluding carboxylic acids is 3. The van der Waals surface area contributed by atoms with E-state index in [0.29, 0.717) is 51.4 Å². The van der Waals surface area contributed by atoms with Crippen molar-refractivity contribution in [2.45, 2.75) is 26.2 Å². The summed E-state index contributed by atoms with van der Waals surface area (Å²) in [7, 11) is 0. The van der Waals surface area contributed by atoms with E-state index in [2.05, 4.69) is 16.9 Å². The van der Waals surface area contributed by atoms with Gasteiger partial charge >= 0.3 is 0 Å². The smallest absolute Gasteiger partial charge is 0.270 e. The van der Waals surface area contributed by atoms with E-state index >= 15 is 0 Å². The second kappa shape index (κ2) is 7.86. The minimum Gasteiger partial charge on any atom is -0.354 e. The number of aromatic amines is 1. The van der Waals surface area contributed by atoms with E-state index in [0.717, 1.165) is 29.7 Å². The molecule has 2 aliphatic rings. The molecule has 0 saturated carbocycles. The van der Waals surface area contributed by atoms with Crippen LogP contribution in [0.4, 0.5) is 0 Å². The predicted molar refractivity (Wildman–Crippen MR) is 98.3 cm³/mol. The minimum atomic E-state index is -0.0551. The normalized spacial score (nSPS) is 17.7. The molecule has 26 heavy (non-hydrogen) atoms. The Labute approximate surface area is 153 Å². The Kier molecular flexibility index (Phi) is 5.56. The number of nitrogens with zero attached hydrogens (tertiary/aromatic N) is 2. The first-order valence-corrected chi connectivity index (χ1v) is 9.15. The third-order valence-electron chi connectivity index (χ3n) is 5.12. The lowest BCUT2D eigenvalue weighted by Gasteiger charge is -2.34. The van der Waals surface area contributed by atoms with E-state index in [1.165, 1.54) is 0 Å². The quantitative estimate of drug-likeness (QED) is 0.766. The van der Waals surface area contributed by atoms with Crippen LogP contribution in [0.15, 0.2) is 12.7 Å². The molecule has 0 unspecified atom stereocenters. The van der Waals surface area contributed by atoms with Gasteiger partial charge in [0.05, 0.1) is 6.54 Å². The Balaban J connectivity index is 1.60. The maximum atomic E-state index is 12.9. The highest BCUT2D eigenvalue weighted by Crippen LogP contribution is 2.27. The van der Waals surface area contributed by atoms with Crippen molar-refractivity contribution in [3.05, 3.63) is 35.2 Å². The highest BCUT2D eigenvalue weighted by molar-refractivity contribution is 6.04. The van der Waals surface area contributed by atoms with Crippen LogP contribution in [0.1, 0.15) is 44.9 Å². The third kappa shape index (κ3) is 3.72. The Hall–Kier alpha value is -2.41. The molecule has 2 amide bonds. The number of piperazine rings is 1. The van der Waals surface area contributed by atoms with Gasteiger partial charge in [0.25, 0.3) is 5.91 Å². The summed E-state index contributed by atoms with van der Waals surface area (Å²) >= 11 is 0. The van der Waals surface area contributed by atoms with Gasteiger partial charge in [0.1, 0.15) is 5.69 Å². The van der Waals surface area contributed by atoms with E-state index in [9.17, 15) is 14.4 Å². The molecule has 0 bridgehead atoms. The first-order valence-electron chi connectivity index (χ1n) is 9.15. The van der Waals surface area contributed by atoms with Gasteiger partial charge in [0, 0.05) is 50.4 Å². The molecule has 1 aliphatic carbocycles. The predicted octanol–water partition coefficient (Wildman–Crippen LogP) is 0.902. The Morgan fingerprint density at radius 2 is 1.96 bits per heavy atom. The minimum absolute atomic E-state index is 0.0314. The molecule has 2 heterocycles. The number of hydrogen-bond donors (Lipinski definition) is 2. The molecule has 0 spiro atoms. The number of rotatable bonds is 5. The summed E-state index contributed by atoms with van der Waals surface area (Å²) in [6.07, 6.45) is 3.87. The Bertz CT molecular complexity index is 729. The summed E-state index contributed by atoms with van der Waals surface area (Å²) in [5.41, 5.74) is 2.94. The van der Waals surface area contributed by atoms with Crippen molar-refractivity contribution in [3.63, 3.8) is 0 Å². The van der Waals surface area contributed by atoms with E-state index < -0.39 is 0 Å². The van der Waals surface area contributed by atoms with Gasteiger partial charge < -0.3 is 15.2 Å². The number of aryl methyl sites for hydroxylation is 1. The highest BCUT2D eigenvalue weighted by atomic mass is 16.2. The highest BCUT2D eigenvalue weighted by Gasteiger charge is 2.30. The van der Waals surface area contributed by atoms with E-state index in [1.807, 2.05) is 11.8 Å². The molecule has 0 radical (unpaired) electrons. The number of fused-ring (bicyclic) bond motifs is 1. The van der Waals surface area contributed by atoms with Gasteiger partial charge in [0.2, 0.25) is 5.91 Å². The zero-order valence-electron chi connectivity index (χ0n) is 15.3. The first kappa shape index (κ1) is 18.4. The van der Waals surface area contributed by atoms with Crippen LogP contribution in [0.3, 0.4) is 0 Å². The molecule has 1 aromatic heterocycles. The molecule has 140 valence electrons. The van der Waals surface area contributed by atoms with Gasteiger partial charge in [-0.15, -0.1) is 6.58 Å². The van der Waals surface area contributed by atoms with Crippen molar-refractivity contribution in [3.8, 4) is 0 Å². The molecule has 1 saturated heterocycles. The van der Waals surface area contributed by atoms with Gasteiger partial charge in [-0.25, -0.2) is 0 Å². The molecule has 7 nitrogen and oxygen atoms in total. The summed E-state index contributed by atoms with van der Waals surface area (Å²) in [6, 6.07) is 0. The summed E-state index contributed by atoms with van der Waals surface area (Å²) in [5.74, 6) is 0.0472. The summed E-state index contributed by atoms with van der Waals surface area (Å²) in [6.45, 7) is 8.69. The standard InChI is InChI=1S/C19H26N4O3/c1-3-7-20-16(25)12-22-8-10-23(11-9-22)19(26)18-13(2)17-14(21-18)5-4-6-15(17)24/h3,21H,1,4-12H2,2H3,(H,20,25). The van der Waals surface area contributed by atoms with Crippen LogP contribution in [-0.4, -0.2) is 71.6 Å². The number of nitrogens with one attached hydrogen (secondary N) is 2. The number of hydrogen-bond acceptors (Lipinski definition) is 4. The Morgan fingerprint density at radius 3 is 2.62 bits per heavy atom. The average Bonchev–Trinajstić information content (AvgIpc) is 2.98. The second-order valence-electron chi connectivity index (χ2n) is 6.92.